The van der Waals surface area contributed by atoms with Crippen molar-refractivity contribution in [1.82, 2.24) is 14.8 Å². The van der Waals surface area contributed by atoms with Crippen molar-refractivity contribution in [2.24, 2.45) is 0 Å². The molecule has 0 aliphatic carbocycles. The number of rotatable bonds is 5. The van der Waals surface area contributed by atoms with Crippen LogP contribution in [0.1, 0.15) is 42.5 Å². The minimum absolute atomic E-state index is 0.0988. The summed E-state index contributed by atoms with van der Waals surface area (Å²) >= 11 is 0. The highest BCUT2D eigenvalue weighted by atomic mass is 16.5. The van der Waals surface area contributed by atoms with Crippen molar-refractivity contribution in [3.8, 4) is 11.5 Å². The third-order valence-electron chi connectivity index (χ3n) is 5.05. The smallest absolute Gasteiger partial charge is 0.226 e. The third kappa shape index (κ3) is 3.22. The predicted octanol–water partition coefficient (Wildman–Crippen LogP) is 4.47. The standard InChI is InChI=1S/C22H24N4O2/c1-14(2)15-5-7-16(8-6-15)18-12-19(26-22(25-18)23-13-24-26)17-9-10-20(27-3)21(11-17)28-4/h5-14,19H,1-4H3,(H,23,24,25)/t19-/m0/s1. The van der Waals surface area contributed by atoms with E-state index < -0.39 is 0 Å². The molecule has 6 nitrogen and oxygen atoms in total. The highest BCUT2D eigenvalue weighted by Gasteiger charge is 2.24. The first kappa shape index (κ1) is 18.1. The van der Waals surface area contributed by atoms with Crippen LogP contribution >= 0.6 is 0 Å². The minimum Gasteiger partial charge on any atom is -0.493 e. The molecule has 6 heteroatoms. The second-order valence-electron chi connectivity index (χ2n) is 7.07. The van der Waals surface area contributed by atoms with Gasteiger partial charge in [-0.1, -0.05) is 44.2 Å². The van der Waals surface area contributed by atoms with Crippen LogP contribution in [0.3, 0.4) is 0 Å². The summed E-state index contributed by atoms with van der Waals surface area (Å²) in [6, 6.07) is 14.5. The van der Waals surface area contributed by atoms with Gasteiger partial charge in [0, 0.05) is 5.70 Å². The van der Waals surface area contributed by atoms with E-state index in [0.717, 1.165) is 16.8 Å². The lowest BCUT2D eigenvalue weighted by Gasteiger charge is -2.25. The maximum absolute atomic E-state index is 5.48. The summed E-state index contributed by atoms with van der Waals surface area (Å²) in [5.74, 6) is 2.61. The molecule has 28 heavy (non-hydrogen) atoms. The van der Waals surface area contributed by atoms with E-state index in [4.69, 9.17) is 9.47 Å². The van der Waals surface area contributed by atoms with Crippen LogP contribution in [0.5, 0.6) is 11.5 Å². The van der Waals surface area contributed by atoms with Crippen molar-refractivity contribution >= 4 is 11.6 Å². The molecule has 1 atom stereocenters. The molecule has 1 aromatic heterocycles. The van der Waals surface area contributed by atoms with E-state index in [1.807, 2.05) is 22.9 Å². The Morgan fingerprint density at radius 2 is 1.75 bits per heavy atom. The van der Waals surface area contributed by atoms with Crippen molar-refractivity contribution in [3.63, 3.8) is 0 Å². The third-order valence-corrected chi connectivity index (χ3v) is 5.05. The Bertz CT molecular complexity index is 1010. The topological polar surface area (TPSA) is 61.2 Å². The number of nitrogens with zero attached hydrogens (tertiary/aromatic N) is 3. The van der Waals surface area contributed by atoms with Gasteiger partial charge in [-0.2, -0.15) is 10.1 Å². The highest BCUT2D eigenvalue weighted by Crippen LogP contribution is 2.36. The number of benzene rings is 2. The lowest BCUT2D eigenvalue weighted by molar-refractivity contribution is 0.354. The summed E-state index contributed by atoms with van der Waals surface area (Å²) in [5, 5.41) is 7.79. The van der Waals surface area contributed by atoms with E-state index in [1.165, 1.54) is 5.56 Å². The molecule has 144 valence electrons. The van der Waals surface area contributed by atoms with Gasteiger partial charge in [0.15, 0.2) is 11.5 Å². The maximum atomic E-state index is 5.48. The van der Waals surface area contributed by atoms with Crippen molar-refractivity contribution in [1.29, 1.82) is 0 Å². The van der Waals surface area contributed by atoms with Crippen LogP contribution in [0.15, 0.2) is 54.9 Å². The van der Waals surface area contributed by atoms with E-state index in [-0.39, 0.29) is 6.04 Å². The highest BCUT2D eigenvalue weighted by molar-refractivity contribution is 5.77. The van der Waals surface area contributed by atoms with Gasteiger partial charge in [0.2, 0.25) is 5.95 Å². The molecule has 1 N–H and O–H groups in total. The number of nitrogens with one attached hydrogen (secondary N) is 1. The fourth-order valence-electron chi connectivity index (χ4n) is 3.42. The SMILES string of the molecule is COc1ccc([C@@H]2C=C(c3ccc(C(C)C)cc3)Nc3ncnn32)cc1OC. The molecule has 0 radical (unpaired) electrons. The second-order valence-corrected chi connectivity index (χ2v) is 7.07. The van der Waals surface area contributed by atoms with Crippen LogP contribution in [0.25, 0.3) is 5.70 Å². The number of methoxy groups -OCH3 is 2. The van der Waals surface area contributed by atoms with Crippen LogP contribution in [0.4, 0.5) is 5.95 Å². The predicted molar refractivity (Wildman–Crippen MR) is 110 cm³/mol. The van der Waals surface area contributed by atoms with Gasteiger partial charge in [-0.25, -0.2) is 4.68 Å². The number of aromatic nitrogens is 3. The zero-order valence-corrected chi connectivity index (χ0v) is 16.5. The quantitative estimate of drug-likeness (QED) is 0.712. The van der Waals surface area contributed by atoms with E-state index in [2.05, 4.69) is 59.6 Å². The van der Waals surface area contributed by atoms with E-state index in [0.29, 0.717) is 23.4 Å². The summed E-state index contributed by atoms with van der Waals surface area (Å²) in [6.07, 6.45) is 3.72. The zero-order chi connectivity index (χ0) is 19.7. The molecule has 3 aromatic rings. The molecule has 2 heterocycles. The molecule has 0 amide bonds. The first-order chi connectivity index (χ1) is 13.6. The Kier molecular flexibility index (Phi) is 4.77. The zero-order valence-electron chi connectivity index (χ0n) is 16.5. The van der Waals surface area contributed by atoms with Crippen LogP contribution in [0.2, 0.25) is 0 Å². The largest absolute Gasteiger partial charge is 0.493 e. The molecule has 0 unspecified atom stereocenters. The van der Waals surface area contributed by atoms with Crippen molar-refractivity contribution in [2.75, 3.05) is 19.5 Å². The molecule has 4 rings (SSSR count). The summed E-state index contributed by atoms with van der Waals surface area (Å²) in [4.78, 5) is 4.37. The second kappa shape index (κ2) is 7.38. The molecular formula is C22H24N4O2. The van der Waals surface area contributed by atoms with Gasteiger partial charge >= 0.3 is 0 Å². The lowest BCUT2D eigenvalue weighted by atomic mass is 9.98. The van der Waals surface area contributed by atoms with E-state index in [1.54, 1.807) is 20.5 Å². The Morgan fingerprint density at radius 3 is 2.43 bits per heavy atom. The molecule has 0 fully saturated rings. The van der Waals surface area contributed by atoms with E-state index in [9.17, 15) is 0 Å². The summed E-state index contributed by atoms with van der Waals surface area (Å²) in [7, 11) is 3.28. The Morgan fingerprint density at radius 1 is 1.00 bits per heavy atom. The fourth-order valence-corrected chi connectivity index (χ4v) is 3.42. The van der Waals surface area contributed by atoms with Crippen molar-refractivity contribution in [2.45, 2.75) is 25.8 Å². The molecule has 0 saturated carbocycles. The summed E-state index contributed by atoms with van der Waals surface area (Å²) in [6.45, 7) is 4.39. The van der Waals surface area contributed by atoms with Gasteiger partial charge < -0.3 is 14.8 Å². The van der Waals surface area contributed by atoms with Gasteiger partial charge in [0.05, 0.1) is 14.2 Å². The number of anilines is 1. The number of hydrogen-bond acceptors (Lipinski definition) is 5. The van der Waals surface area contributed by atoms with E-state index >= 15 is 0 Å². The average Bonchev–Trinajstić information content (AvgIpc) is 3.21. The van der Waals surface area contributed by atoms with Crippen molar-refractivity contribution < 1.29 is 9.47 Å². The number of fused-ring (bicyclic) bond motifs is 1. The first-order valence-corrected chi connectivity index (χ1v) is 9.31. The number of hydrogen-bond donors (Lipinski definition) is 1. The summed E-state index contributed by atoms with van der Waals surface area (Å²) < 4.78 is 12.7. The number of allylic oxidation sites excluding steroid dienone is 1. The van der Waals surface area contributed by atoms with Crippen LogP contribution < -0.4 is 14.8 Å². The Hall–Kier alpha value is -3.28. The molecule has 0 bridgehead atoms. The fraction of sp³-hybridized carbons (Fsp3) is 0.273. The van der Waals surface area contributed by atoms with Crippen LogP contribution in [0, 0.1) is 0 Å². The van der Waals surface area contributed by atoms with Gasteiger partial charge in [-0.05, 0) is 40.8 Å². The molecular weight excluding hydrogens is 352 g/mol. The Labute approximate surface area is 164 Å². The van der Waals surface area contributed by atoms with Gasteiger partial charge in [-0.15, -0.1) is 0 Å². The molecule has 2 aromatic carbocycles. The molecule has 0 spiro atoms. The van der Waals surface area contributed by atoms with Gasteiger partial charge in [0.25, 0.3) is 0 Å². The first-order valence-electron chi connectivity index (χ1n) is 9.31. The van der Waals surface area contributed by atoms with Crippen LogP contribution in [-0.4, -0.2) is 29.0 Å². The minimum atomic E-state index is -0.0988. The van der Waals surface area contributed by atoms with Gasteiger partial charge in [0.1, 0.15) is 12.4 Å². The molecule has 1 aliphatic rings. The monoisotopic (exact) mass is 376 g/mol. The lowest BCUT2D eigenvalue weighted by Crippen LogP contribution is -2.20. The van der Waals surface area contributed by atoms with Crippen molar-refractivity contribution in [3.05, 3.63) is 71.6 Å². The normalized spacial score (nSPS) is 15.6. The van der Waals surface area contributed by atoms with Gasteiger partial charge in [-0.3, -0.25) is 0 Å². The maximum Gasteiger partial charge on any atom is 0.226 e. The summed E-state index contributed by atoms with van der Waals surface area (Å²) in [5.41, 5.74) is 4.49. The number of ether oxygens (including phenoxy) is 2. The molecule has 0 saturated heterocycles. The Balaban J connectivity index is 1.75. The van der Waals surface area contributed by atoms with Crippen LogP contribution in [-0.2, 0) is 0 Å². The average molecular weight is 376 g/mol. The molecule has 1 aliphatic heterocycles.